The van der Waals surface area contributed by atoms with Crippen LogP contribution in [0.2, 0.25) is 0 Å². The van der Waals surface area contributed by atoms with Gasteiger partial charge in [-0.3, -0.25) is 14.2 Å². The second-order valence-corrected chi connectivity index (χ2v) is 9.70. The zero-order valence-electron chi connectivity index (χ0n) is 21.1. The third-order valence-corrected chi connectivity index (χ3v) is 6.99. The van der Waals surface area contributed by atoms with Crippen molar-refractivity contribution in [1.82, 2.24) is 34.4 Å². The largest absolute Gasteiger partial charge is 0.342 e. The molecule has 9 nitrogen and oxygen atoms in total. The number of aryl methyl sites for hydroxylation is 1. The molecule has 0 fully saturated rings. The number of thiazole rings is 1. The first-order valence-corrected chi connectivity index (χ1v) is 13.2. The van der Waals surface area contributed by atoms with Crippen molar-refractivity contribution in [2.75, 3.05) is 0 Å². The number of para-hydroxylation sites is 1. The van der Waals surface area contributed by atoms with Crippen LogP contribution in [0.25, 0.3) is 34.4 Å². The van der Waals surface area contributed by atoms with Crippen LogP contribution >= 0.6 is 11.3 Å². The Morgan fingerprint density at radius 1 is 1.05 bits per heavy atom. The fourth-order valence-corrected chi connectivity index (χ4v) is 5.13. The quantitative estimate of drug-likeness (QED) is 0.328. The Kier molecular flexibility index (Phi) is 6.29. The summed E-state index contributed by atoms with van der Waals surface area (Å²) in [6.45, 7) is 3.58. The van der Waals surface area contributed by atoms with Crippen LogP contribution in [0.15, 0.2) is 82.7 Å². The van der Waals surface area contributed by atoms with Crippen LogP contribution in [0.4, 0.5) is 0 Å². The molecule has 0 aliphatic heterocycles. The fourth-order valence-electron chi connectivity index (χ4n) is 4.60. The number of fused-ring (bicyclic) bond motifs is 2. The van der Waals surface area contributed by atoms with Gasteiger partial charge in [-0.15, -0.1) is 11.3 Å². The predicted octanol–water partition coefficient (Wildman–Crippen LogP) is 4.85. The number of carbonyl (C=O) groups excluding carboxylic acids is 1. The van der Waals surface area contributed by atoms with Gasteiger partial charge in [-0.2, -0.15) is 5.10 Å². The molecule has 2 aromatic carbocycles. The molecule has 0 aliphatic rings. The van der Waals surface area contributed by atoms with E-state index in [2.05, 4.69) is 20.4 Å². The second-order valence-electron chi connectivity index (χ2n) is 8.98. The molecule has 6 aromatic rings. The van der Waals surface area contributed by atoms with Crippen LogP contribution in [-0.4, -0.2) is 35.0 Å². The summed E-state index contributed by atoms with van der Waals surface area (Å²) in [6, 6.07) is 16.0. The van der Waals surface area contributed by atoms with E-state index in [1.54, 1.807) is 40.0 Å². The van der Waals surface area contributed by atoms with Gasteiger partial charge in [0.15, 0.2) is 5.65 Å². The minimum Gasteiger partial charge on any atom is -0.342 e. The number of rotatable bonds is 6. The first-order valence-electron chi connectivity index (χ1n) is 12.3. The summed E-state index contributed by atoms with van der Waals surface area (Å²) in [7, 11) is 0. The maximum absolute atomic E-state index is 14.1. The number of carbonyl (C=O) groups is 1. The molecule has 0 spiro atoms. The van der Waals surface area contributed by atoms with E-state index in [1.807, 2.05) is 73.0 Å². The zero-order valence-corrected chi connectivity index (χ0v) is 22.0. The van der Waals surface area contributed by atoms with Gasteiger partial charge in [-0.05, 0) is 49.8 Å². The summed E-state index contributed by atoms with van der Waals surface area (Å²) in [4.78, 5) is 41.1. The van der Waals surface area contributed by atoms with E-state index < -0.39 is 6.04 Å². The molecule has 10 heteroatoms. The lowest BCUT2D eigenvalue weighted by molar-refractivity contribution is 0.0938. The fraction of sp³-hybridized carbons (Fsp3) is 0.103. The Morgan fingerprint density at radius 2 is 1.90 bits per heavy atom. The molecular weight excluding hydrogens is 510 g/mol. The molecule has 0 bridgehead atoms. The van der Waals surface area contributed by atoms with Crippen LogP contribution in [0, 0.1) is 6.92 Å². The Hall–Kier alpha value is -4.96. The number of aromatic nitrogens is 6. The Labute approximate surface area is 227 Å². The molecule has 1 N–H and O–H groups in total. The maximum atomic E-state index is 14.1. The number of benzene rings is 2. The average Bonchev–Trinajstić information content (AvgIpc) is 3.59. The highest BCUT2D eigenvalue weighted by molar-refractivity contribution is 7.07. The number of hydrogen-bond acceptors (Lipinski definition) is 7. The standard InChI is InChI=1S/C29H23N7O2S/c1-18-24(27-30-14-7-15-35(27)34-18)28(37)32-19(2)26-33-23-11-6-8-20(12-13-21-16-39-17-31-21)25(23)29(38)36(26)22-9-4-3-5-10-22/h3-17,19H,1-2H3,(H,32,37)/b13-12+/t19-/m0/s1. The molecule has 0 aliphatic carbocycles. The van der Waals surface area contributed by atoms with Crippen molar-refractivity contribution in [1.29, 1.82) is 0 Å². The van der Waals surface area contributed by atoms with Gasteiger partial charge in [0.2, 0.25) is 0 Å². The molecule has 1 amide bonds. The van der Waals surface area contributed by atoms with Crippen molar-refractivity contribution in [3.05, 3.63) is 117 Å². The van der Waals surface area contributed by atoms with Gasteiger partial charge in [0.1, 0.15) is 11.4 Å². The topological polar surface area (TPSA) is 107 Å². The minimum absolute atomic E-state index is 0.227. The molecule has 6 rings (SSSR count). The third-order valence-electron chi connectivity index (χ3n) is 6.39. The van der Waals surface area contributed by atoms with Crippen molar-refractivity contribution in [2.24, 2.45) is 0 Å². The highest BCUT2D eigenvalue weighted by Gasteiger charge is 2.24. The van der Waals surface area contributed by atoms with E-state index in [4.69, 9.17) is 4.98 Å². The third kappa shape index (κ3) is 4.51. The molecule has 1 atom stereocenters. The smallest absolute Gasteiger partial charge is 0.266 e. The number of hydrogen-bond donors (Lipinski definition) is 1. The van der Waals surface area contributed by atoms with E-state index in [9.17, 15) is 9.59 Å². The summed E-state index contributed by atoms with van der Waals surface area (Å²) >= 11 is 1.51. The number of nitrogens with one attached hydrogen (secondary N) is 1. The van der Waals surface area contributed by atoms with E-state index >= 15 is 0 Å². The summed E-state index contributed by atoms with van der Waals surface area (Å²) in [5.41, 5.74) is 5.68. The van der Waals surface area contributed by atoms with E-state index in [0.717, 1.165) is 11.3 Å². The van der Waals surface area contributed by atoms with Crippen molar-refractivity contribution in [3.8, 4) is 5.69 Å². The van der Waals surface area contributed by atoms with Crippen LogP contribution in [-0.2, 0) is 0 Å². The Balaban J connectivity index is 1.47. The molecule has 4 heterocycles. The second kappa shape index (κ2) is 10.1. The Morgan fingerprint density at radius 3 is 2.69 bits per heavy atom. The van der Waals surface area contributed by atoms with Crippen molar-refractivity contribution < 1.29 is 4.79 Å². The highest BCUT2D eigenvalue weighted by Crippen LogP contribution is 2.23. The monoisotopic (exact) mass is 533 g/mol. The van der Waals surface area contributed by atoms with Gasteiger partial charge >= 0.3 is 0 Å². The lowest BCUT2D eigenvalue weighted by Crippen LogP contribution is -2.33. The highest BCUT2D eigenvalue weighted by atomic mass is 32.1. The normalized spacial score (nSPS) is 12.4. The van der Waals surface area contributed by atoms with E-state index in [0.29, 0.717) is 39.3 Å². The van der Waals surface area contributed by atoms with Crippen LogP contribution in [0.3, 0.4) is 0 Å². The number of amides is 1. The van der Waals surface area contributed by atoms with Crippen LogP contribution in [0.1, 0.15) is 46.1 Å². The van der Waals surface area contributed by atoms with Crippen LogP contribution < -0.4 is 10.9 Å². The molecule has 39 heavy (non-hydrogen) atoms. The SMILES string of the molecule is Cc1nn2cccnc2c1C(=O)N[C@@H](C)c1nc2cccc(/C=C/c3cscn3)c2c(=O)n1-c1ccccc1. The summed E-state index contributed by atoms with van der Waals surface area (Å²) in [5, 5.41) is 9.83. The lowest BCUT2D eigenvalue weighted by Gasteiger charge is -2.20. The summed E-state index contributed by atoms with van der Waals surface area (Å²) in [6.07, 6.45) is 7.12. The van der Waals surface area contributed by atoms with E-state index in [-0.39, 0.29) is 11.5 Å². The zero-order chi connectivity index (χ0) is 26.9. The summed E-state index contributed by atoms with van der Waals surface area (Å²) < 4.78 is 3.14. The van der Waals surface area contributed by atoms with Crippen molar-refractivity contribution >= 4 is 45.9 Å². The van der Waals surface area contributed by atoms with Crippen LogP contribution in [0.5, 0.6) is 0 Å². The maximum Gasteiger partial charge on any atom is 0.266 e. The molecule has 0 saturated heterocycles. The van der Waals surface area contributed by atoms with E-state index in [1.165, 1.54) is 11.3 Å². The van der Waals surface area contributed by atoms with Gasteiger partial charge in [-0.1, -0.05) is 36.4 Å². The lowest BCUT2D eigenvalue weighted by atomic mass is 10.1. The first-order chi connectivity index (χ1) is 19.0. The Bertz CT molecular complexity index is 1910. The average molecular weight is 534 g/mol. The molecule has 0 unspecified atom stereocenters. The minimum atomic E-state index is -0.609. The molecule has 192 valence electrons. The van der Waals surface area contributed by atoms with Crippen molar-refractivity contribution in [2.45, 2.75) is 19.9 Å². The number of nitrogens with zero attached hydrogens (tertiary/aromatic N) is 6. The molecule has 0 radical (unpaired) electrons. The van der Waals surface area contributed by atoms with Crippen molar-refractivity contribution in [3.63, 3.8) is 0 Å². The molecule has 0 saturated carbocycles. The van der Waals surface area contributed by atoms with Gasteiger partial charge in [-0.25, -0.2) is 19.5 Å². The molecule has 4 aromatic heterocycles. The first kappa shape index (κ1) is 24.4. The van der Waals surface area contributed by atoms with Gasteiger partial charge in [0, 0.05) is 17.8 Å². The van der Waals surface area contributed by atoms with Gasteiger partial charge in [0.25, 0.3) is 11.5 Å². The predicted molar refractivity (Wildman–Crippen MR) is 152 cm³/mol. The molecular formula is C29H23N7O2S. The summed E-state index contributed by atoms with van der Waals surface area (Å²) in [5.74, 6) is 0.0670. The van der Waals surface area contributed by atoms with Gasteiger partial charge in [0.05, 0.1) is 39.5 Å². The van der Waals surface area contributed by atoms with Gasteiger partial charge < -0.3 is 5.32 Å².